The minimum atomic E-state index is 0.936. The van der Waals surface area contributed by atoms with Crippen molar-refractivity contribution in [2.75, 3.05) is 0 Å². The Morgan fingerprint density at radius 1 is 0.778 bits per heavy atom. The van der Waals surface area contributed by atoms with E-state index in [0.29, 0.717) is 0 Å². The van der Waals surface area contributed by atoms with Crippen molar-refractivity contribution in [1.29, 1.82) is 0 Å². The lowest BCUT2D eigenvalue weighted by atomic mass is 10.1. The number of aryl methyl sites for hydroxylation is 4. The smallest absolute Gasteiger partial charge is 0.127 e. The van der Waals surface area contributed by atoms with Gasteiger partial charge in [-0.25, -0.2) is 0 Å². The van der Waals surface area contributed by atoms with Gasteiger partial charge in [-0.1, -0.05) is 12.1 Å². The Morgan fingerprint density at radius 2 is 1.50 bits per heavy atom. The van der Waals surface area contributed by atoms with Gasteiger partial charge in [-0.05, 0) is 79.6 Å². The molecule has 92 valence electrons. The summed E-state index contributed by atoms with van der Waals surface area (Å²) in [6.07, 6.45) is 3.70. The van der Waals surface area contributed by atoms with E-state index in [0.717, 1.165) is 11.5 Å². The van der Waals surface area contributed by atoms with Crippen molar-refractivity contribution in [2.24, 2.45) is 0 Å². The molecule has 0 spiro atoms. The highest BCUT2D eigenvalue weighted by Gasteiger charge is 2.11. The van der Waals surface area contributed by atoms with Crippen LogP contribution in [0.2, 0.25) is 0 Å². The molecule has 0 aliphatic heterocycles. The van der Waals surface area contributed by atoms with Crippen LogP contribution in [0.5, 0.6) is 11.5 Å². The van der Waals surface area contributed by atoms with E-state index in [2.05, 4.69) is 50.2 Å². The van der Waals surface area contributed by atoms with Gasteiger partial charge < -0.3 is 4.74 Å². The van der Waals surface area contributed by atoms with Crippen molar-refractivity contribution < 1.29 is 4.74 Å². The Kier molecular flexibility index (Phi) is 2.83. The first-order valence-corrected chi connectivity index (χ1v) is 6.59. The van der Waals surface area contributed by atoms with Crippen LogP contribution in [0, 0.1) is 13.8 Å². The van der Waals surface area contributed by atoms with Gasteiger partial charge in [-0.3, -0.25) is 0 Å². The van der Waals surface area contributed by atoms with Gasteiger partial charge in [0.05, 0.1) is 0 Å². The van der Waals surface area contributed by atoms with Gasteiger partial charge in [-0.15, -0.1) is 0 Å². The van der Waals surface area contributed by atoms with Gasteiger partial charge in [0.25, 0.3) is 0 Å². The molecule has 0 atom stereocenters. The van der Waals surface area contributed by atoms with Gasteiger partial charge in [0, 0.05) is 0 Å². The van der Waals surface area contributed by atoms with E-state index in [1.807, 2.05) is 0 Å². The monoisotopic (exact) mass is 238 g/mol. The maximum atomic E-state index is 5.97. The van der Waals surface area contributed by atoms with Crippen molar-refractivity contribution in [1.82, 2.24) is 0 Å². The quantitative estimate of drug-likeness (QED) is 0.743. The van der Waals surface area contributed by atoms with E-state index in [1.165, 1.54) is 41.5 Å². The Bertz CT molecular complexity index is 564. The van der Waals surface area contributed by atoms with Crippen molar-refractivity contribution in [2.45, 2.75) is 33.1 Å². The van der Waals surface area contributed by atoms with Gasteiger partial charge in [0.1, 0.15) is 11.5 Å². The molecule has 0 N–H and O–H groups in total. The zero-order valence-corrected chi connectivity index (χ0v) is 11.0. The fourth-order valence-electron chi connectivity index (χ4n) is 2.74. The Balaban J connectivity index is 1.88. The average molecular weight is 238 g/mol. The zero-order chi connectivity index (χ0) is 12.5. The first kappa shape index (κ1) is 11.3. The van der Waals surface area contributed by atoms with Crippen LogP contribution in [-0.2, 0) is 12.8 Å². The predicted octanol–water partition coefficient (Wildman–Crippen LogP) is 4.58. The molecule has 0 fully saturated rings. The summed E-state index contributed by atoms with van der Waals surface area (Å²) in [5, 5.41) is 0. The van der Waals surface area contributed by atoms with Crippen LogP contribution in [-0.4, -0.2) is 0 Å². The molecule has 0 heterocycles. The molecule has 2 aromatic rings. The van der Waals surface area contributed by atoms with Gasteiger partial charge in [0.15, 0.2) is 0 Å². The van der Waals surface area contributed by atoms with Crippen LogP contribution in [0.1, 0.15) is 28.7 Å². The standard InChI is InChI=1S/C17H18O/c1-12-8-13(2)10-17(9-12)18-16-7-6-14-4-3-5-15(14)11-16/h6-11H,3-5H2,1-2H3. The highest BCUT2D eigenvalue weighted by Crippen LogP contribution is 2.29. The number of benzene rings is 2. The Morgan fingerprint density at radius 3 is 2.28 bits per heavy atom. The highest BCUT2D eigenvalue weighted by atomic mass is 16.5. The lowest BCUT2D eigenvalue weighted by Gasteiger charge is -2.09. The second-order valence-corrected chi connectivity index (χ2v) is 5.21. The molecule has 1 nitrogen and oxygen atoms in total. The van der Waals surface area contributed by atoms with Crippen LogP contribution in [0.3, 0.4) is 0 Å². The number of ether oxygens (including phenoxy) is 1. The predicted molar refractivity (Wildman–Crippen MR) is 74.5 cm³/mol. The van der Waals surface area contributed by atoms with Gasteiger partial charge >= 0.3 is 0 Å². The first-order valence-electron chi connectivity index (χ1n) is 6.59. The molecular weight excluding hydrogens is 220 g/mol. The lowest BCUT2D eigenvalue weighted by Crippen LogP contribution is -1.89. The summed E-state index contributed by atoms with van der Waals surface area (Å²) in [5.74, 6) is 1.89. The molecule has 0 amide bonds. The summed E-state index contributed by atoms with van der Waals surface area (Å²) in [4.78, 5) is 0. The average Bonchev–Trinajstić information content (AvgIpc) is 2.74. The minimum Gasteiger partial charge on any atom is -0.457 e. The van der Waals surface area contributed by atoms with Crippen molar-refractivity contribution in [3.05, 3.63) is 58.7 Å². The van der Waals surface area contributed by atoms with E-state index in [9.17, 15) is 0 Å². The summed E-state index contributed by atoms with van der Waals surface area (Å²) in [6.45, 7) is 4.20. The maximum Gasteiger partial charge on any atom is 0.127 e. The first-order chi connectivity index (χ1) is 8.70. The normalized spacial score (nSPS) is 13.4. The Labute approximate surface area is 108 Å². The fraction of sp³-hybridized carbons (Fsp3) is 0.294. The van der Waals surface area contributed by atoms with Crippen LogP contribution in [0.15, 0.2) is 36.4 Å². The molecule has 1 aliphatic rings. The van der Waals surface area contributed by atoms with E-state index in [1.54, 1.807) is 0 Å². The summed E-state index contributed by atoms with van der Waals surface area (Å²) in [7, 11) is 0. The summed E-state index contributed by atoms with van der Waals surface area (Å²) in [5.41, 5.74) is 5.43. The number of rotatable bonds is 2. The molecule has 0 radical (unpaired) electrons. The number of hydrogen-bond donors (Lipinski definition) is 0. The third-order valence-electron chi connectivity index (χ3n) is 3.50. The largest absolute Gasteiger partial charge is 0.457 e. The molecule has 0 unspecified atom stereocenters. The van der Waals surface area contributed by atoms with Crippen LogP contribution < -0.4 is 4.74 Å². The molecule has 18 heavy (non-hydrogen) atoms. The second kappa shape index (κ2) is 4.49. The lowest BCUT2D eigenvalue weighted by molar-refractivity contribution is 0.481. The molecule has 3 rings (SSSR count). The molecule has 2 aromatic carbocycles. The van der Waals surface area contributed by atoms with Crippen LogP contribution in [0.25, 0.3) is 0 Å². The van der Waals surface area contributed by atoms with E-state index in [4.69, 9.17) is 4.74 Å². The molecule has 1 aliphatic carbocycles. The van der Waals surface area contributed by atoms with Crippen LogP contribution >= 0.6 is 0 Å². The molecule has 0 aromatic heterocycles. The molecule has 0 saturated heterocycles. The zero-order valence-electron chi connectivity index (χ0n) is 11.0. The summed E-state index contributed by atoms with van der Waals surface area (Å²) < 4.78 is 5.97. The van der Waals surface area contributed by atoms with E-state index >= 15 is 0 Å². The minimum absolute atomic E-state index is 0.936. The van der Waals surface area contributed by atoms with Crippen molar-refractivity contribution in [3.63, 3.8) is 0 Å². The van der Waals surface area contributed by atoms with E-state index < -0.39 is 0 Å². The third-order valence-corrected chi connectivity index (χ3v) is 3.50. The SMILES string of the molecule is Cc1cc(C)cc(Oc2ccc3c(c2)CCC3)c1. The maximum absolute atomic E-state index is 5.97. The number of hydrogen-bond acceptors (Lipinski definition) is 1. The topological polar surface area (TPSA) is 9.23 Å². The molecule has 1 heteroatoms. The van der Waals surface area contributed by atoms with Crippen LogP contribution in [0.4, 0.5) is 0 Å². The van der Waals surface area contributed by atoms with Crippen molar-refractivity contribution in [3.8, 4) is 11.5 Å². The highest BCUT2D eigenvalue weighted by molar-refractivity contribution is 5.42. The third kappa shape index (κ3) is 2.26. The summed E-state index contributed by atoms with van der Waals surface area (Å²) >= 11 is 0. The van der Waals surface area contributed by atoms with Gasteiger partial charge in [0.2, 0.25) is 0 Å². The fourth-order valence-corrected chi connectivity index (χ4v) is 2.74. The molecule has 0 bridgehead atoms. The van der Waals surface area contributed by atoms with E-state index in [-0.39, 0.29) is 0 Å². The number of fused-ring (bicyclic) bond motifs is 1. The molecule has 0 saturated carbocycles. The summed E-state index contributed by atoms with van der Waals surface area (Å²) in [6, 6.07) is 12.8. The van der Waals surface area contributed by atoms with Gasteiger partial charge in [-0.2, -0.15) is 0 Å². The van der Waals surface area contributed by atoms with Crippen molar-refractivity contribution >= 4 is 0 Å². The second-order valence-electron chi connectivity index (χ2n) is 5.21. The Hall–Kier alpha value is -1.76. The molecular formula is C17H18O.